The monoisotopic (exact) mass is 426 g/mol. The SMILES string of the molecule is Cc1ccc2c(c1)C(C1=CCC3C4CCc5cc(O)ccc5C4CCC13C)=CC(C)(C)O2. The molecule has 0 bridgehead atoms. The molecule has 0 amide bonds. The normalized spacial score (nSPS) is 31.9. The first kappa shape index (κ1) is 20.1. The highest BCUT2D eigenvalue weighted by Gasteiger charge is 2.53. The van der Waals surface area contributed by atoms with E-state index in [0.717, 1.165) is 18.1 Å². The van der Waals surface area contributed by atoms with Gasteiger partial charge in [0.05, 0.1) is 0 Å². The Bertz CT molecular complexity index is 1170. The zero-order valence-electron chi connectivity index (χ0n) is 19.7. The van der Waals surface area contributed by atoms with Crippen LogP contribution in [0.3, 0.4) is 0 Å². The van der Waals surface area contributed by atoms with Gasteiger partial charge in [-0.25, -0.2) is 0 Å². The molecule has 2 nitrogen and oxygen atoms in total. The van der Waals surface area contributed by atoms with Crippen LogP contribution in [0.25, 0.3) is 5.57 Å². The van der Waals surface area contributed by atoms with Crippen molar-refractivity contribution in [3.8, 4) is 11.5 Å². The highest BCUT2D eigenvalue weighted by Crippen LogP contribution is 2.64. The molecule has 4 aliphatic rings. The maximum Gasteiger partial charge on any atom is 0.128 e. The lowest BCUT2D eigenvalue weighted by atomic mass is 9.53. The first-order chi connectivity index (χ1) is 15.2. The van der Waals surface area contributed by atoms with Gasteiger partial charge in [-0.05, 0) is 129 Å². The maximum atomic E-state index is 9.97. The molecule has 32 heavy (non-hydrogen) atoms. The van der Waals surface area contributed by atoms with E-state index in [1.165, 1.54) is 53.5 Å². The van der Waals surface area contributed by atoms with E-state index in [1.807, 2.05) is 12.1 Å². The molecule has 1 heterocycles. The Morgan fingerprint density at radius 1 is 1.03 bits per heavy atom. The molecular formula is C30H34O2. The fourth-order valence-corrected chi connectivity index (χ4v) is 7.46. The molecular weight excluding hydrogens is 392 g/mol. The number of ether oxygens (including phenoxy) is 1. The minimum Gasteiger partial charge on any atom is -0.508 e. The lowest BCUT2D eigenvalue weighted by molar-refractivity contribution is 0.0777. The lowest BCUT2D eigenvalue weighted by Gasteiger charge is -2.51. The van der Waals surface area contributed by atoms with Crippen molar-refractivity contribution in [1.29, 1.82) is 0 Å². The number of allylic oxidation sites excluding steroid dienone is 3. The van der Waals surface area contributed by atoms with E-state index in [9.17, 15) is 5.11 Å². The van der Waals surface area contributed by atoms with E-state index >= 15 is 0 Å². The molecule has 2 aromatic carbocycles. The van der Waals surface area contributed by atoms with Crippen LogP contribution in [0.2, 0.25) is 0 Å². The van der Waals surface area contributed by atoms with Crippen LogP contribution in [-0.2, 0) is 6.42 Å². The van der Waals surface area contributed by atoms with Crippen molar-refractivity contribution in [3.63, 3.8) is 0 Å². The summed E-state index contributed by atoms with van der Waals surface area (Å²) in [4.78, 5) is 0. The van der Waals surface area contributed by atoms with Crippen molar-refractivity contribution < 1.29 is 9.84 Å². The van der Waals surface area contributed by atoms with Crippen molar-refractivity contribution >= 4 is 5.57 Å². The van der Waals surface area contributed by atoms with E-state index < -0.39 is 0 Å². The summed E-state index contributed by atoms with van der Waals surface area (Å²) in [5.74, 6) is 3.49. The van der Waals surface area contributed by atoms with Crippen LogP contribution in [0.15, 0.2) is 54.1 Å². The van der Waals surface area contributed by atoms with Gasteiger partial charge in [0.15, 0.2) is 0 Å². The molecule has 1 N–H and O–H groups in total. The van der Waals surface area contributed by atoms with Gasteiger partial charge in [-0.1, -0.05) is 30.7 Å². The second kappa shape index (κ2) is 6.76. The summed E-state index contributed by atoms with van der Waals surface area (Å²) < 4.78 is 6.34. The van der Waals surface area contributed by atoms with Gasteiger partial charge in [0, 0.05) is 5.56 Å². The molecule has 2 aromatic rings. The Morgan fingerprint density at radius 2 is 1.88 bits per heavy atom. The molecule has 0 saturated heterocycles. The number of rotatable bonds is 1. The quantitative estimate of drug-likeness (QED) is 0.516. The van der Waals surface area contributed by atoms with Crippen molar-refractivity contribution in [3.05, 3.63) is 76.4 Å². The first-order valence-electron chi connectivity index (χ1n) is 12.3. The third-order valence-corrected chi connectivity index (χ3v) is 8.87. The van der Waals surface area contributed by atoms with E-state index in [0.29, 0.717) is 17.6 Å². The zero-order chi connectivity index (χ0) is 22.3. The number of benzene rings is 2. The summed E-state index contributed by atoms with van der Waals surface area (Å²) in [6.45, 7) is 9.07. The standard InChI is InChI=1S/C30H34O2/c1-18-5-12-28-24(15-18)25(17-29(2,3)32-28)27-11-10-26-23-8-6-19-16-20(31)7-9-21(19)22(23)13-14-30(26,27)4/h5,7,9,11-12,15-17,22-23,26,31H,6,8,10,13-14H2,1-4H3. The second-order valence-corrected chi connectivity index (χ2v) is 11.4. The number of aromatic hydroxyl groups is 1. The van der Waals surface area contributed by atoms with Gasteiger partial charge in [0.25, 0.3) is 0 Å². The molecule has 1 saturated carbocycles. The molecule has 4 unspecified atom stereocenters. The van der Waals surface area contributed by atoms with Gasteiger partial charge in [0.2, 0.25) is 0 Å². The van der Waals surface area contributed by atoms with Crippen LogP contribution < -0.4 is 4.74 Å². The van der Waals surface area contributed by atoms with Crippen molar-refractivity contribution in [2.24, 2.45) is 17.3 Å². The van der Waals surface area contributed by atoms with Crippen LogP contribution in [-0.4, -0.2) is 10.7 Å². The Kier molecular flexibility index (Phi) is 4.26. The molecule has 166 valence electrons. The molecule has 1 aliphatic heterocycles. The Labute approximate surface area is 192 Å². The van der Waals surface area contributed by atoms with Gasteiger partial charge in [-0.2, -0.15) is 0 Å². The number of hydrogen-bond donors (Lipinski definition) is 1. The predicted molar refractivity (Wildman–Crippen MR) is 130 cm³/mol. The molecule has 0 spiro atoms. The number of phenols is 1. The summed E-state index contributed by atoms with van der Waals surface area (Å²) in [5, 5.41) is 9.97. The largest absolute Gasteiger partial charge is 0.508 e. The van der Waals surface area contributed by atoms with E-state index in [1.54, 1.807) is 5.57 Å². The van der Waals surface area contributed by atoms with Gasteiger partial charge >= 0.3 is 0 Å². The number of hydrogen-bond acceptors (Lipinski definition) is 2. The molecule has 0 radical (unpaired) electrons. The van der Waals surface area contributed by atoms with Gasteiger partial charge in [0.1, 0.15) is 17.1 Å². The minimum atomic E-state index is -0.296. The summed E-state index contributed by atoms with van der Waals surface area (Å²) in [6, 6.07) is 12.7. The van der Waals surface area contributed by atoms with Gasteiger partial charge < -0.3 is 9.84 Å². The Morgan fingerprint density at radius 3 is 2.72 bits per heavy atom. The van der Waals surface area contributed by atoms with Crippen molar-refractivity contribution in [2.75, 3.05) is 0 Å². The molecule has 1 fully saturated rings. The Hall–Kier alpha value is -2.48. The number of phenolic OH excluding ortho intramolecular Hbond substituents is 1. The van der Waals surface area contributed by atoms with Crippen molar-refractivity contribution in [1.82, 2.24) is 0 Å². The smallest absolute Gasteiger partial charge is 0.128 e. The third-order valence-electron chi connectivity index (χ3n) is 8.87. The Balaban J connectivity index is 1.38. The van der Waals surface area contributed by atoms with Crippen LogP contribution in [0, 0.1) is 24.2 Å². The lowest BCUT2D eigenvalue weighted by Crippen LogP contribution is -2.41. The fraction of sp³-hybridized carbons (Fsp3) is 0.467. The highest BCUT2D eigenvalue weighted by atomic mass is 16.5. The average molecular weight is 427 g/mol. The molecule has 6 rings (SSSR count). The van der Waals surface area contributed by atoms with Crippen LogP contribution in [0.5, 0.6) is 11.5 Å². The third kappa shape index (κ3) is 2.91. The van der Waals surface area contributed by atoms with E-state index in [2.05, 4.69) is 64.1 Å². The van der Waals surface area contributed by atoms with Crippen LogP contribution >= 0.6 is 0 Å². The zero-order valence-corrected chi connectivity index (χ0v) is 19.7. The first-order valence-corrected chi connectivity index (χ1v) is 12.3. The minimum absolute atomic E-state index is 0.218. The van der Waals surface area contributed by atoms with Crippen molar-refractivity contribution in [2.45, 2.75) is 71.3 Å². The van der Waals surface area contributed by atoms with Gasteiger partial charge in [-0.15, -0.1) is 0 Å². The molecule has 3 aliphatic carbocycles. The number of aryl methyl sites for hydroxylation is 2. The highest BCUT2D eigenvalue weighted by molar-refractivity contribution is 5.86. The predicted octanol–water partition coefficient (Wildman–Crippen LogP) is 7.35. The fourth-order valence-electron chi connectivity index (χ4n) is 7.46. The number of fused-ring (bicyclic) bond motifs is 6. The average Bonchev–Trinajstić information content (AvgIpc) is 3.10. The molecule has 0 aromatic heterocycles. The van der Waals surface area contributed by atoms with Crippen LogP contribution in [0.1, 0.15) is 74.6 Å². The summed E-state index contributed by atoms with van der Waals surface area (Å²) in [5.41, 5.74) is 8.32. The topological polar surface area (TPSA) is 29.5 Å². The summed E-state index contributed by atoms with van der Waals surface area (Å²) in [6.07, 6.45) is 10.9. The molecule has 4 atom stereocenters. The summed E-state index contributed by atoms with van der Waals surface area (Å²) >= 11 is 0. The molecule has 2 heteroatoms. The van der Waals surface area contributed by atoms with Gasteiger partial charge in [-0.3, -0.25) is 0 Å². The summed E-state index contributed by atoms with van der Waals surface area (Å²) in [7, 11) is 0. The maximum absolute atomic E-state index is 9.97. The second-order valence-electron chi connectivity index (χ2n) is 11.4. The van der Waals surface area contributed by atoms with E-state index in [4.69, 9.17) is 4.74 Å². The van der Waals surface area contributed by atoms with E-state index in [-0.39, 0.29) is 11.0 Å². The van der Waals surface area contributed by atoms with Crippen LogP contribution in [0.4, 0.5) is 0 Å².